The molecule has 0 aliphatic heterocycles. The van der Waals surface area contributed by atoms with Crippen LogP contribution in [0.2, 0.25) is 0 Å². The van der Waals surface area contributed by atoms with E-state index in [1.54, 1.807) is 6.20 Å². The molecule has 1 aliphatic rings. The fraction of sp³-hybridized carbons (Fsp3) is 0.300. The van der Waals surface area contributed by atoms with E-state index in [1.165, 1.54) is 25.2 Å². The van der Waals surface area contributed by atoms with Gasteiger partial charge in [-0.05, 0) is 12.8 Å². The predicted octanol–water partition coefficient (Wildman–Crippen LogP) is 1.53. The molecule has 16 heavy (non-hydrogen) atoms. The molecular weight excluding hydrogens is 206 g/mol. The summed E-state index contributed by atoms with van der Waals surface area (Å²) in [5, 5.41) is 19.1. The van der Waals surface area contributed by atoms with Gasteiger partial charge in [-0.1, -0.05) is 0 Å². The molecule has 0 aromatic carbocycles. The Bertz CT molecular complexity index is 488. The lowest BCUT2D eigenvalue weighted by atomic mass is 10.2. The number of H-pyrrole nitrogens is 1. The van der Waals surface area contributed by atoms with Crippen LogP contribution in [-0.2, 0) is 0 Å². The average Bonchev–Trinajstić information content (AvgIpc) is 3.03. The van der Waals surface area contributed by atoms with Gasteiger partial charge >= 0.3 is 0 Å². The lowest BCUT2D eigenvalue weighted by Gasteiger charge is -2.03. The molecular formula is C10H11N5O. The minimum Gasteiger partial charge on any atom is -0.505 e. The number of hydrogen-bond donors (Lipinski definition) is 3. The zero-order valence-corrected chi connectivity index (χ0v) is 8.51. The summed E-state index contributed by atoms with van der Waals surface area (Å²) in [6.45, 7) is 0. The van der Waals surface area contributed by atoms with Crippen molar-refractivity contribution in [3.63, 3.8) is 0 Å². The van der Waals surface area contributed by atoms with E-state index >= 15 is 0 Å². The molecule has 3 rings (SSSR count). The maximum Gasteiger partial charge on any atom is 0.227 e. The van der Waals surface area contributed by atoms with Crippen molar-refractivity contribution in [1.82, 2.24) is 20.2 Å². The fourth-order valence-corrected chi connectivity index (χ4v) is 1.59. The van der Waals surface area contributed by atoms with Crippen LogP contribution in [0.1, 0.15) is 24.5 Å². The average molecular weight is 217 g/mol. The number of hydrogen-bond acceptors (Lipinski definition) is 5. The maximum absolute atomic E-state index is 9.06. The van der Waals surface area contributed by atoms with Gasteiger partial charge in [-0.2, -0.15) is 5.10 Å². The van der Waals surface area contributed by atoms with Crippen LogP contribution in [0.25, 0.3) is 0 Å². The summed E-state index contributed by atoms with van der Waals surface area (Å²) >= 11 is 0. The Balaban J connectivity index is 1.82. The van der Waals surface area contributed by atoms with Crippen molar-refractivity contribution < 1.29 is 5.11 Å². The highest BCUT2D eigenvalue weighted by atomic mass is 16.3. The van der Waals surface area contributed by atoms with Crippen molar-refractivity contribution >= 4 is 11.6 Å². The molecule has 0 amide bonds. The van der Waals surface area contributed by atoms with Crippen molar-refractivity contribution in [1.29, 1.82) is 0 Å². The largest absolute Gasteiger partial charge is 0.505 e. The van der Waals surface area contributed by atoms with E-state index in [1.807, 2.05) is 0 Å². The van der Waals surface area contributed by atoms with E-state index in [9.17, 15) is 0 Å². The highest BCUT2D eigenvalue weighted by molar-refractivity contribution is 5.56. The second kappa shape index (κ2) is 3.48. The molecule has 0 atom stereocenters. The van der Waals surface area contributed by atoms with Gasteiger partial charge in [0.2, 0.25) is 5.95 Å². The molecule has 2 aromatic rings. The summed E-state index contributed by atoms with van der Waals surface area (Å²) in [5.41, 5.74) is 2.02. The van der Waals surface area contributed by atoms with E-state index in [0.717, 1.165) is 11.4 Å². The van der Waals surface area contributed by atoms with Gasteiger partial charge in [0.05, 0.1) is 30.0 Å². The highest BCUT2D eigenvalue weighted by Crippen LogP contribution is 2.42. The topological polar surface area (TPSA) is 86.7 Å². The summed E-state index contributed by atoms with van der Waals surface area (Å²) in [5.74, 6) is 1.10. The van der Waals surface area contributed by atoms with Crippen LogP contribution in [-0.4, -0.2) is 25.3 Å². The van der Waals surface area contributed by atoms with E-state index in [4.69, 9.17) is 5.11 Å². The quantitative estimate of drug-likeness (QED) is 0.725. The third kappa shape index (κ3) is 1.69. The molecule has 0 unspecified atom stereocenters. The summed E-state index contributed by atoms with van der Waals surface area (Å²) in [6, 6.07) is 0. The first-order chi connectivity index (χ1) is 7.83. The highest BCUT2D eigenvalue weighted by Gasteiger charge is 2.27. The van der Waals surface area contributed by atoms with E-state index in [2.05, 4.69) is 25.5 Å². The van der Waals surface area contributed by atoms with Crippen LogP contribution >= 0.6 is 0 Å². The zero-order chi connectivity index (χ0) is 11.0. The Morgan fingerprint density at radius 1 is 1.25 bits per heavy atom. The van der Waals surface area contributed by atoms with Crippen molar-refractivity contribution in [3.05, 3.63) is 24.3 Å². The van der Waals surface area contributed by atoms with Crippen LogP contribution < -0.4 is 5.32 Å². The Morgan fingerprint density at radius 2 is 2.00 bits per heavy atom. The number of rotatable bonds is 3. The first kappa shape index (κ1) is 9.14. The Morgan fingerprint density at radius 3 is 2.69 bits per heavy atom. The number of nitrogens with zero attached hydrogens (tertiary/aromatic N) is 3. The van der Waals surface area contributed by atoms with Gasteiger partial charge < -0.3 is 10.4 Å². The standard InChI is InChI=1S/C10H11N5O/c16-7-3-11-10(12-4-7)14-8-5-13-15-9(8)6-1-2-6/h3-6,16H,1-2H2,(H,13,15)(H,11,12,14). The monoisotopic (exact) mass is 217 g/mol. The lowest BCUT2D eigenvalue weighted by molar-refractivity contribution is 0.470. The van der Waals surface area contributed by atoms with E-state index < -0.39 is 0 Å². The Kier molecular flexibility index (Phi) is 1.99. The van der Waals surface area contributed by atoms with Gasteiger partial charge in [-0.25, -0.2) is 9.97 Å². The molecule has 3 N–H and O–H groups in total. The molecule has 0 bridgehead atoms. The third-order valence-corrected chi connectivity index (χ3v) is 2.54. The Labute approximate surface area is 91.8 Å². The van der Waals surface area contributed by atoms with Crippen molar-refractivity contribution in [2.75, 3.05) is 5.32 Å². The zero-order valence-electron chi connectivity index (χ0n) is 8.51. The van der Waals surface area contributed by atoms with Gasteiger partial charge in [-0.3, -0.25) is 5.10 Å². The minimum atomic E-state index is 0.0557. The van der Waals surface area contributed by atoms with Gasteiger partial charge in [0, 0.05) is 5.92 Å². The molecule has 2 aromatic heterocycles. The number of aromatic hydroxyl groups is 1. The van der Waals surface area contributed by atoms with Gasteiger partial charge in [0.15, 0.2) is 5.75 Å². The van der Waals surface area contributed by atoms with Crippen LogP contribution in [0, 0.1) is 0 Å². The molecule has 6 nitrogen and oxygen atoms in total. The summed E-state index contributed by atoms with van der Waals surface area (Å²) in [7, 11) is 0. The molecule has 0 radical (unpaired) electrons. The van der Waals surface area contributed by atoms with Crippen LogP contribution in [0.5, 0.6) is 5.75 Å². The molecule has 1 fully saturated rings. The second-order valence-corrected chi connectivity index (χ2v) is 3.86. The summed E-state index contributed by atoms with van der Waals surface area (Å²) in [4.78, 5) is 7.92. The Hall–Kier alpha value is -2.11. The lowest BCUT2D eigenvalue weighted by Crippen LogP contribution is -1.97. The SMILES string of the molecule is Oc1cnc(Nc2cn[nH]c2C2CC2)nc1. The van der Waals surface area contributed by atoms with Crippen LogP contribution in [0.15, 0.2) is 18.6 Å². The van der Waals surface area contributed by atoms with Crippen LogP contribution in [0.3, 0.4) is 0 Å². The van der Waals surface area contributed by atoms with Gasteiger partial charge in [-0.15, -0.1) is 0 Å². The minimum absolute atomic E-state index is 0.0557. The molecule has 1 saturated carbocycles. The smallest absolute Gasteiger partial charge is 0.227 e. The van der Waals surface area contributed by atoms with E-state index in [-0.39, 0.29) is 5.75 Å². The molecule has 1 aliphatic carbocycles. The summed E-state index contributed by atoms with van der Waals surface area (Å²) < 4.78 is 0. The van der Waals surface area contributed by atoms with Crippen molar-refractivity contribution in [2.45, 2.75) is 18.8 Å². The number of aromatic amines is 1. The number of nitrogens with one attached hydrogen (secondary N) is 2. The second-order valence-electron chi connectivity index (χ2n) is 3.86. The van der Waals surface area contributed by atoms with Gasteiger partial charge in [0.25, 0.3) is 0 Å². The maximum atomic E-state index is 9.06. The van der Waals surface area contributed by atoms with E-state index in [0.29, 0.717) is 11.9 Å². The number of aromatic nitrogens is 4. The molecule has 0 spiro atoms. The van der Waals surface area contributed by atoms with Crippen molar-refractivity contribution in [3.8, 4) is 5.75 Å². The molecule has 82 valence electrons. The molecule has 2 heterocycles. The number of anilines is 2. The fourth-order valence-electron chi connectivity index (χ4n) is 1.59. The first-order valence-electron chi connectivity index (χ1n) is 5.14. The first-order valence-corrected chi connectivity index (χ1v) is 5.14. The molecule has 0 saturated heterocycles. The van der Waals surface area contributed by atoms with Crippen molar-refractivity contribution in [2.24, 2.45) is 0 Å². The normalized spacial score (nSPS) is 15.0. The third-order valence-electron chi connectivity index (χ3n) is 2.54. The summed E-state index contributed by atoms with van der Waals surface area (Å²) in [6.07, 6.45) is 6.84. The van der Waals surface area contributed by atoms with Gasteiger partial charge in [0.1, 0.15) is 0 Å². The molecule has 6 heteroatoms. The van der Waals surface area contributed by atoms with Crippen LogP contribution in [0.4, 0.5) is 11.6 Å². The predicted molar refractivity (Wildman–Crippen MR) is 57.5 cm³/mol.